The molecular formula is C74H58N4. The molecule has 0 spiro atoms. The van der Waals surface area contributed by atoms with Gasteiger partial charge in [0.2, 0.25) is 0 Å². The summed E-state index contributed by atoms with van der Waals surface area (Å²) in [5.41, 5.74) is 1.25. The maximum absolute atomic E-state index is 11.0. The number of hydrogen-bond donors (Lipinski definition) is 0. The third-order valence-electron chi connectivity index (χ3n) is 14.8. The minimum absolute atomic E-state index is 0.0103. The van der Waals surface area contributed by atoms with E-state index in [1.807, 2.05) is 41.5 Å². The van der Waals surface area contributed by atoms with Crippen LogP contribution in [0.15, 0.2) is 242 Å². The highest BCUT2D eigenvalue weighted by Gasteiger charge is 2.31. The summed E-state index contributed by atoms with van der Waals surface area (Å²) in [6, 6.07) is 21.0. The number of nitrogens with zero attached hydrogens (tertiary/aromatic N) is 4. The van der Waals surface area contributed by atoms with Gasteiger partial charge in [0.1, 0.15) is 0 Å². The van der Waals surface area contributed by atoms with E-state index in [0.29, 0.717) is 22.7 Å². The number of rotatable bonds is 8. The molecule has 374 valence electrons. The van der Waals surface area contributed by atoms with Crippen molar-refractivity contribution in [3.8, 4) is 22.3 Å². The maximum atomic E-state index is 11.0. The van der Waals surface area contributed by atoms with E-state index < -0.39 is 120 Å². The van der Waals surface area contributed by atoms with Crippen LogP contribution < -0.4 is 9.80 Å². The zero-order chi connectivity index (χ0) is 71.8. The van der Waals surface area contributed by atoms with Gasteiger partial charge in [0.15, 0.2) is 0 Å². The van der Waals surface area contributed by atoms with Crippen molar-refractivity contribution in [3.05, 3.63) is 253 Å². The maximum Gasteiger partial charge on any atom is 0.0653 e. The molecule has 11 aromatic carbocycles. The van der Waals surface area contributed by atoms with E-state index in [-0.39, 0.29) is 145 Å². The van der Waals surface area contributed by atoms with Gasteiger partial charge in [-0.2, -0.15) is 0 Å². The Hall–Kier alpha value is -9.38. The average molecular weight is 1030 g/mol. The summed E-state index contributed by atoms with van der Waals surface area (Å²) in [6.07, 6.45) is 0. The van der Waals surface area contributed by atoms with Crippen LogP contribution in [-0.2, 0) is 10.8 Å². The van der Waals surface area contributed by atoms with E-state index in [0.717, 1.165) is 0 Å². The van der Waals surface area contributed by atoms with Gasteiger partial charge in [-0.05, 0) is 117 Å². The van der Waals surface area contributed by atoms with Gasteiger partial charge in [-0.25, -0.2) is 0 Å². The molecule has 0 saturated heterocycles. The van der Waals surface area contributed by atoms with Gasteiger partial charge < -0.3 is 18.6 Å². The molecule has 4 nitrogen and oxygen atoms in total. The quantitative estimate of drug-likeness (QED) is 0.151. The lowest BCUT2D eigenvalue weighted by atomic mass is 9.85. The molecule has 0 unspecified atom stereocenters. The molecule has 78 heavy (non-hydrogen) atoms. The first-order chi connectivity index (χ1) is 47.2. The van der Waals surface area contributed by atoms with Crippen LogP contribution in [0.2, 0.25) is 0 Å². The van der Waals surface area contributed by atoms with Crippen LogP contribution in [0.25, 0.3) is 98.4 Å². The van der Waals surface area contributed by atoms with E-state index in [9.17, 15) is 16.4 Å². The first-order valence-electron chi connectivity index (χ1n) is 36.6. The molecule has 4 aromatic heterocycles. The van der Waals surface area contributed by atoms with Gasteiger partial charge in [-0.15, -0.1) is 0 Å². The molecule has 4 heterocycles. The second kappa shape index (κ2) is 17.1. The number of anilines is 6. The zero-order valence-electron chi connectivity index (χ0n) is 65.2. The minimum atomic E-state index is -1.01. The number of hydrogen-bond acceptors (Lipinski definition) is 2. The first-order valence-corrected chi connectivity index (χ1v) is 25.6. The smallest absolute Gasteiger partial charge is 0.0653 e. The van der Waals surface area contributed by atoms with Gasteiger partial charge in [0.25, 0.3) is 0 Å². The predicted molar refractivity (Wildman–Crippen MR) is 333 cm³/mol. The van der Waals surface area contributed by atoms with E-state index in [2.05, 4.69) is 0 Å². The van der Waals surface area contributed by atoms with Crippen molar-refractivity contribution in [2.75, 3.05) is 9.80 Å². The molecule has 4 heteroatoms. The second-order valence-electron chi connectivity index (χ2n) is 21.6. The molecule has 0 saturated carbocycles. The van der Waals surface area contributed by atoms with Crippen molar-refractivity contribution < 1.29 is 30.2 Å². The summed E-state index contributed by atoms with van der Waals surface area (Å²) < 4.78 is 211. The second-order valence-corrected chi connectivity index (χ2v) is 21.6. The van der Waals surface area contributed by atoms with Crippen molar-refractivity contribution in [1.82, 2.24) is 8.80 Å². The van der Waals surface area contributed by atoms with Crippen LogP contribution in [0.1, 0.15) is 82.8 Å². The fraction of sp³-hybridized carbons (Fsp3) is 0.108. The van der Waals surface area contributed by atoms with Gasteiger partial charge >= 0.3 is 0 Å². The average Bonchev–Trinajstić information content (AvgIpc) is 1.48. The summed E-state index contributed by atoms with van der Waals surface area (Å²) in [5, 5.41) is 0.420. The number of fused-ring (bicyclic) bond motifs is 12. The summed E-state index contributed by atoms with van der Waals surface area (Å²) in [5.74, 6) is 0. The molecule has 0 aliphatic heterocycles. The lowest BCUT2D eigenvalue weighted by molar-refractivity contribution is 0.594. The van der Waals surface area contributed by atoms with Crippen molar-refractivity contribution >= 4 is 110 Å². The molecule has 0 atom stereocenters. The van der Waals surface area contributed by atoms with Gasteiger partial charge in [0.05, 0.1) is 74.6 Å². The van der Waals surface area contributed by atoms with E-state index in [1.165, 1.54) is 0 Å². The van der Waals surface area contributed by atoms with E-state index in [1.54, 1.807) is 128 Å². The van der Waals surface area contributed by atoms with Crippen molar-refractivity contribution in [1.29, 1.82) is 0 Å². The Bertz CT molecular complexity index is 5690. The van der Waals surface area contributed by atoms with Crippen molar-refractivity contribution in [2.45, 2.75) is 52.4 Å². The summed E-state index contributed by atoms with van der Waals surface area (Å²) in [6.45, 7) is 11.0. The molecule has 0 bridgehead atoms. The Morgan fingerprint density at radius 2 is 0.692 bits per heavy atom. The third-order valence-corrected chi connectivity index (χ3v) is 14.8. The number of para-hydroxylation sites is 4. The lowest BCUT2D eigenvalue weighted by Crippen LogP contribution is -2.12. The SMILES string of the molecule is [2H]c1c([2H])c([2H])c(-c2ccc(N(c3ccccc3)c3c([2H])c([2H])c4c5c([2H])c6c(c([2H])c5n5c7c(C(C)(C)C)c([2H])c([2H])c([2H])c7c3c45)c3c([2H])c([2H])c(N(c4ccccc4)c4ccc(-c5c([2H])c([2H])c([2H])c([2H])c5[2H])cc4)c4c5c([2H])c([2H])c([2H])c(C(C)(C)C)c5n6c34)cc2)c([2H])c1[2H]. The summed E-state index contributed by atoms with van der Waals surface area (Å²) in [4.78, 5) is 3.38. The van der Waals surface area contributed by atoms with Gasteiger partial charge in [-0.1, -0.05) is 211 Å². The first kappa shape index (κ1) is 28.7. The Morgan fingerprint density at radius 1 is 0.321 bits per heavy atom. The molecular weight excluding hydrogens is 945 g/mol. The van der Waals surface area contributed by atoms with Gasteiger partial charge in [-0.3, -0.25) is 0 Å². The predicted octanol–water partition coefficient (Wildman–Crippen LogP) is 20.9. The third kappa shape index (κ3) is 6.85. The molecule has 0 aliphatic rings. The Morgan fingerprint density at radius 3 is 1.06 bits per heavy atom. The largest absolute Gasteiger partial charge is 0.310 e. The summed E-state index contributed by atoms with van der Waals surface area (Å²) >= 11 is 0. The van der Waals surface area contributed by atoms with E-state index >= 15 is 0 Å². The Labute approximate surface area is 485 Å². The molecule has 0 N–H and O–H groups in total. The molecule has 15 aromatic rings. The summed E-state index contributed by atoms with van der Waals surface area (Å²) in [7, 11) is 0. The van der Waals surface area contributed by atoms with Crippen LogP contribution in [0.5, 0.6) is 0 Å². The highest BCUT2D eigenvalue weighted by atomic mass is 15.2. The highest BCUT2D eigenvalue weighted by molar-refractivity contribution is 6.32. The van der Waals surface area contributed by atoms with Crippen LogP contribution in [-0.4, -0.2) is 8.80 Å². The molecule has 0 fully saturated rings. The fourth-order valence-corrected chi connectivity index (χ4v) is 11.4. The molecule has 0 aliphatic carbocycles. The molecule has 15 rings (SSSR count). The van der Waals surface area contributed by atoms with Crippen molar-refractivity contribution in [2.24, 2.45) is 0 Å². The Balaban J connectivity index is 1.13. The Kier molecular flexibility index (Phi) is 6.27. The lowest BCUT2D eigenvalue weighted by Gasteiger charge is -2.27. The normalized spacial score (nSPS) is 16.4. The monoisotopic (exact) mass is 1020 g/mol. The zero-order valence-corrected chi connectivity index (χ0v) is 43.2. The topological polar surface area (TPSA) is 15.3 Å². The van der Waals surface area contributed by atoms with Crippen LogP contribution in [0, 0.1) is 0 Å². The van der Waals surface area contributed by atoms with Crippen LogP contribution in [0.3, 0.4) is 0 Å². The van der Waals surface area contributed by atoms with Crippen LogP contribution in [0.4, 0.5) is 34.1 Å². The van der Waals surface area contributed by atoms with Gasteiger partial charge in [0, 0.05) is 65.8 Å². The standard InChI is InChI=1S/C74H58N4/c1-73(2,3)61-31-19-29-57-67-63(75(51-25-15-9-16-26-51)53-37-33-49(34-38-53)47-21-11-7-12-22-47)43-41-55-59-46-66-60(45-65(59)77(69(57)61)71(55)67)56-42-44-64(68-58-30-20-32-62(74(4,5)6)70(58)78(66)72(56)68)76(52-27-17-10-18-28-52)54-39-35-50(36-40-54)48-23-13-8-14-24-48/h7-46H,1-6H3/i7D,8D,11D,12D,13D,14D,19D,20D,21D,22D,23D,24D,29D,30D,31D,32D,41D,42D,43D,44D,45D,46D. The number of benzene rings is 11. The van der Waals surface area contributed by atoms with Crippen molar-refractivity contribution in [3.63, 3.8) is 0 Å². The number of aromatic nitrogens is 2. The molecule has 0 radical (unpaired) electrons. The molecule has 0 amide bonds. The highest BCUT2D eigenvalue weighted by Crippen LogP contribution is 2.53. The fourth-order valence-electron chi connectivity index (χ4n) is 11.4. The van der Waals surface area contributed by atoms with E-state index in [4.69, 9.17) is 13.7 Å². The van der Waals surface area contributed by atoms with Crippen LogP contribution >= 0.6 is 0 Å². The minimum Gasteiger partial charge on any atom is -0.310 e.